The Morgan fingerprint density at radius 1 is 0.760 bits per heavy atom. The second-order valence-corrected chi connectivity index (χ2v) is 14.6. The Hall–Kier alpha value is -1.01. The van der Waals surface area contributed by atoms with Crippen LogP contribution in [-0.4, -0.2) is 3.71 Å². The topological polar surface area (TPSA) is 0 Å². The maximum absolute atomic E-state index is 5.37. The molecular formula is C22H22Cl2Zr-2. The summed E-state index contributed by atoms with van der Waals surface area (Å²) in [5.74, 6) is 0. The van der Waals surface area contributed by atoms with Crippen LogP contribution in [-0.2, 0) is 18.9 Å². The number of fused-ring (bicyclic) bond motifs is 2. The first-order chi connectivity index (χ1) is 12.0. The van der Waals surface area contributed by atoms with Crippen LogP contribution in [0.2, 0.25) is 0 Å². The number of halogens is 2. The molecule has 0 fully saturated rings. The second-order valence-electron chi connectivity index (χ2n) is 5.79. The molecule has 130 valence electrons. The Bertz CT molecular complexity index is 884. The average molecular weight is 449 g/mol. The van der Waals surface area contributed by atoms with Crippen LogP contribution in [0.5, 0.6) is 0 Å². The Morgan fingerprint density at radius 3 is 1.44 bits per heavy atom. The van der Waals surface area contributed by atoms with Gasteiger partial charge in [0.05, 0.1) is 0 Å². The molecule has 0 aliphatic carbocycles. The van der Waals surface area contributed by atoms with Gasteiger partial charge in [-0.25, -0.2) is 0 Å². The summed E-state index contributed by atoms with van der Waals surface area (Å²) in [5, 5.41) is 5.45. The van der Waals surface area contributed by atoms with Crippen molar-refractivity contribution in [3.8, 4) is 0 Å². The summed E-state index contributed by atoms with van der Waals surface area (Å²) in [6.45, 7) is 6.18. The van der Waals surface area contributed by atoms with E-state index in [2.05, 4.69) is 86.6 Å². The van der Waals surface area contributed by atoms with Crippen LogP contribution in [0.15, 0.2) is 72.8 Å². The van der Waals surface area contributed by atoms with Crippen LogP contribution in [0.3, 0.4) is 0 Å². The van der Waals surface area contributed by atoms with E-state index in [0.717, 1.165) is 0 Å². The van der Waals surface area contributed by atoms with Crippen LogP contribution in [0.25, 0.3) is 21.5 Å². The van der Waals surface area contributed by atoms with Crippen molar-refractivity contribution in [1.82, 2.24) is 0 Å². The fourth-order valence-electron chi connectivity index (χ4n) is 2.61. The predicted molar refractivity (Wildman–Crippen MR) is 112 cm³/mol. The fraction of sp³-hybridized carbons (Fsp3) is 0.136. The van der Waals surface area contributed by atoms with E-state index in [1.54, 1.807) is 0 Å². The molecule has 0 atom stereocenters. The van der Waals surface area contributed by atoms with Gasteiger partial charge in [-0.1, -0.05) is 26.0 Å². The zero-order chi connectivity index (χ0) is 18.2. The van der Waals surface area contributed by atoms with Crippen LogP contribution in [0, 0.1) is 13.8 Å². The van der Waals surface area contributed by atoms with E-state index in [-0.39, 0.29) is 0 Å². The Labute approximate surface area is 165 Å². The van der Waals surface area contributed by atoms with Crippen LogP contribution in [0.1, 0.15) is 18.1 Å². The first-order valence-electron chi connectivity index (χ1n) is 8.22. The molecular weight excluding hydrogens is 426 g/mol. The van der Waals surface area contributed by atoms with Gasteiger partial charge in [0.2, 0.25) is 0 Å². The quantitative estimate of drug-likeness (QED) is 0.245. The molecule has 0 N–H and O–H groups in total. The van der Waals surface area contributed by atoms with Gasteiger partial charge >= 0.3 is 46.5 Å². The molecule has 0 heterocycles. The maximum atomic E-state index is 5.37. The number of aryl methyl sites for hydroxylation is 2. The normalized spacial score (nSPS) is 9.80. The van der Waals surface area contributed by atoms with Gasteiger partial charge in [0, 0.05) is 0 Å². The van der Waals surface area contributed by atoms with Gasteiger partial charge in [0.25, 0.3) is 0 Å². The van der Waals surface area contributed by atoms with Crippen LogP contribution >= 0.6 is 17.0 Å². The number of hydrogen-bond donors (Lipinski definition) is 0. The van der Waals surface area contributed by atoms with E-state index >= 15 is 0 Å². The van der Waals surface area contributed by atoms with E-state index in [9.17, 15) is 0 Å². The van der Waals surface area contributed by atoms with E-state index in [4.69, 9.17) is 17.0 Å². The van der Waals surface area contributed by atoms with Gasteiger partial charge in [0.1, 0.15) is 0 Å². The van der Waals surface area contributed by atoms with Gasteiger partial charge < -0.3 is 0 Å². The summed E-state index contributed by atoms with van der Waals surface area (Å²) in [6.07, 6.45) is 0. The summed E-state index contributed by atoms with van der Waals surface area (Å²) in [5.41, 5.74) is 2.74. The molecule has 0 saturated heterocycles. The van der Waals surface area contributed by atoms with E-state index < -0.39 is 18.9 Å². The summed E-state index contributed by atoms with van der Waals surface area (Å²) < 4.78 is 1.89. The molecule has 0 unspecified atom stereocenters. The maximum Gasteiger partial charge on any atom is -0.0809 e. The number of rotatable bonds is 0. The zero-order valence-electron chi connectivity index (χ0n) is 14.8. The minimum Gasteiger partial charge on any atom is -0.156 e. The van der Waals surface area contributed by atoms with E-state index in [0.29, 0.717) is 0 Å². The monoisotopic (exact) mass is 446 g/mol. The van der Waals surface area contributed by atoms with Crippen molar-refractivity contribution < 1.29 is 18.9 Å². The standard InChI is InChI=1S/2C10H9.C2H4.2ClH.Zr/c2*1-8-6-7-9-4-2-3-5-10(8)9;1-2;;;/h2*2-7H,1H3;1H,2H3;2*1H;/q2*-1;;;;+2/p-2. The van der Waals surface area contributed by atoms with Crippen molar-refractivity contribution in [2.24, 2.45) is 0 Å². The molecule has 3 heteroatoms. The zero-order valence-corrected chi connectivity index (χ0v) is 18.7. The predicted octanol–water partition coefficient (Wildman–Crippen LogP) is 7.47. The Morgan fingerprint density at radius 2 is 1.12 bits per heavy atom. The first kappa shape index (κ1) is 20.3. The van der Waals surface area contributed by atoms with E-state index in [1.807, 2.05) is 10.6 Å². The smallest absolute Gasteiger partial charge is 0.0809 e. The molecule has 25 heavy (non-hydrogen) atoms. The molecule has 4 aromatic rings. The number of benzene rings is 2. The third kappa shape index (κ3) is 6.03. The fourth-order valence-corrected chi connectivity index (χ4v) is 2.61. The molecule has 0 amide bonds. The van der Waals surface area contributed by atoms with Gasteiger partial charge in [-0.15, -0.1) is 70.1 Å². The molecule has 0 saturated carbocycles. The average Bonchev–Trinajstić information content (AvgIpc) is 3.20. The van der Waals surface area contributed by atoms with Crippen molar-refractivity contribution in [3.05, 3.63) is 83.9 Å². The van der Waals surface area contributed by atoms with Crippen LogP contribution < -0.4 is 0 Å². The van der Waals surface area contributed by atoms with Crippen molar-refractivity contribution in [2.75, 3.05) is 0 Å². The van der Waals surface area contributed by atoms with Gasteiger partial charge in [-0.05, 0) is 0 Å². The second kappa shape index (κ2) is 10.2. The molecule has 0 aliphatic heterocycles. The summed E-state index contributed by atoms with van der Waals surface area (Å²) in [6, 6.07) is 25.5. The van der Waals surface area contributed by atoms with Crippen LogP contribution in [0.4, 0.5) is 0 Å². The SMILES string of the molecule is C[CH]=[Zr]([Cl])[Cl].Cc1c[cH-]c2ccccc12.Cc1c[cH-]c2ccccc12. The van der Waals surface area contributed by atoms with Crippen molar-refractivity contribution >= 4 is 42.3 Å². The third-order valence-corrected chi connectivity index (χ3v) is 7.67. The molecule has 0 aliphatic rings. The molecule has 0 bridgehead atoms. The van der Waals surface area contributed by atoms with Crippen molar-refractivity contribution in [1.29, 1.82) is 0 Å². The van der Waals surface area contributed by atoms with E-state index in [1.165, 1.54) is 32.7 Å². The molecule has 0 nitrogen and oxygen atoms in total. The third-order valence-electron chi connectivity index (χ3n) is 4.02. The Balaban J connectivity index is 0.000000144. The molecule has 0 radical (unpaired) electrons. The number of hydrogen-bond acceptors (Lipinski definition) is 0. The molecule has 4 aromatic carbocycles. The van der Waals surface area contributed by atoms with Gasteiger partial charge in [0.15, 0.2) is 0 Å². The van der Waals surface area contributed by atoms with Crippen molar-refractivity contribution in [2.45, 2.75) is 20.8 Å². The molecule has 4 rings (SSSR count). The molecule has 0 spiro atoms. The van der Waals surface area contributed by atoms with Gasteiger partial charge in [-0.2, -0.15) is 23.3 Å². The minimum atomic E-state index is -1.76. The Kier molecular flexibility index (Phi) is 8.30. The van der Waals surface area contributed by atoms with Crippen molar-refractivity contribution in [3.63, 3.8) is 0 Å². The summed E-state index contributed by atoms with van der Waals surface area (Å²) >= 11 is -1.76. The minimum absolute atomic E-state index is 1.35. The molecule has 0 aromatic heterocycles. The summed E-state index contributed by atoms with van der Waals surface area (Å²) in [4.78, 5) is 0. The summed E-state index contributed by atoms with van der Waals surface area (Å²) in [7, 11) is 10.7. The largest absolute Gasteiger partial charge is 0.156 e. The van der Waals surface area contributed by atoms with Gasteiger partial charge in [-0.3, -0.25) is 0 Å². The first-order valence-corrected chi connectivity index (χ1v) is 16.0.